The molecule has 16 heavy (non-hydrogen) atoms. The first-order chi connectivity index (χ1) is 7.73. The molecule has 1 nitrogen and oxygen atoms in total. The molecule has 86 valence electrons. The lowest BCUT2D eigenvalue weighted by Gasteiger charge is -2.31. The van der Waals surface area contributed by atoms with Gasteiger partial charge in [-0.25, -0.2) is 0 Å². The largest absolute Gasteiger partial charge is 0.293 e. The Bertz CT molecular complexity index is 364. The van der Waals surface area contributed by atoms with Crippen LogP contribution in [0, 0.1) is 5.41 Å². The molecule has 1 aliphatic heterocycles. The van der Waals surface area contributed by atoms with E-state index in [2.05, 4.69) is 37.4 Å². The van der Waals surface area contributed by atoms with E-state index in [1.807, 2.05) is 0 Å². The van der Waals surface area contributed by atoms with Gasteiger partial charge in [-0.05, 0) is 25.0 Å². The van der Waals surface area contributed by atoms with Crippen LogP contribution in [0.3, 0.4) is 0 Å². The maximum absolute atomic E-state index is 2.42. The van der Waals surface area contributed by atoms with E-state index in [-0.39, 0.29) is 0 Å². The molecule has 1 heterocycles. The van der Waals surface area contributed by atoms with Gasteiger partial charge >= 0.3 is 0 Å². The highest BCUT2D eigenvalue weighted by molar-refractivity contribution is 5.43. The Morgan fingerprint density at radius 2 is 1.69 bits per heavy atom. The molecular weight excluding hydrogens is 194 g/mol. The van der Waals surface area contributed by atoms with Gasteiger partial charge in [0.15, 0.2) is 0 Å². The van der Waals surface area contributed by atoms with E-state index in [0.717, 1.165) is 0 Å². The van der Waals surface area contributed by atoms with Crippen LogP contribution in [0.15, 0.2) is 30.3 Å². The number of hydrogen-bond acceptors (Lipinski definition) is 0. The van der Waals surface area contributed by atoms with Crippen LogP contribution in [-0.2, 0) is 0 Å². The average Bonchev–Trinajstić information content (AvgIpc) is 2.90. The number of nitrogens with zero attached hydrogens (tertiary/aromatic N) is 1. The van der Waals surface area contributed by atoms with Crippen LogP contribution < -0.4 is 4.48 Å². The molecule has 3 rings (SSSR count). The van der Waals surface area contributed by atoms with Crippen LogP contribution in [0.2, 0.25) is 0 Å². The summed E-state index contributed by atoms with van der Waals surface area (Å²) in [5.41, 5.74) is 2.20. The second-order valence-electron chi connectivity index (χ2n) is 6.07. The molecule has 0 amide bonds. The first-order valence-electron chi connectivity index (χ1n) is 6.63. The second kappa shape index (κ2) is 3.59. The van der Waals surface area contributed by atoms with E-state index in [1.165, 1.54) is 55.4 Å². The van der Waals surface area contributed by atoms with Crippen molar-refractivity contribution in [1.82, 2.24) is 4.48 Å². The fourth-order valence-electron chi connectivity index (χ4n) is 3.92. The van der Waals surface area contributed by atoms with Gasteiger partial charge in [0.1, 0.15) is 5.69 Å². The number of benzene rings is 1. The molecule has 0 N–H and O–H groups in total. The van der Waals surface area contributed by atoms with Gasteiger partial charge in [0.25, 0.3) is 0 Å². The van der Waals surface area contributed by atoms with Gasteiger partial charge in [0.05, 0.1) is 20.1 Å². The summed E-state index contributed by atoms with van der Waals surface area (Å²) < 4.78 is 1.17. The van der Waals surface area contributed by atoms with Gasteiger partial charge in [-0.15, -0.1) is 0 Å². The Morgan fingerprint density at radius 1 is 1.00 bits per heavy atom. The van der Waals surface area contributed by atoms with E-state index in [4.69, 9.17) is 0 Å². The topological polar surface area (TPSA) is 0 Å². The summed E-state index contributed by atoms with van der Waals surface area (Å²) in [6, 6.07) is 11.1. The molecule has 1 saturated heterocycles. The predicted octanol–water partition coefficient (Wildman–Crippen LogP) is 3.59. The van der Waals surface area contributed by atoms with Gasteiger partial charge < -0.3 is 0 Å². The van der Waals surface area contributed by atoms with E-state index in [1.54, 1.807) is 0 Å². The predicted molar refractivity (Wildman–Crippen MR) is 69.4 cm³/mol. The Balaban J connectivity index is 1.86. The Kier molecular flexibility index (Phi) is 2.32. The fourth-order valence-corrected chi connectivity index (χ4v) is 3.92. The molecule has 1 unspecified atom stereocenters. The molecule has 2 aliphatic rings. The Hall–Kier alpha value is -0.820. The zero-order chi connectivity index (χ0) is 11.1. The van der Waals surface area contributed by atoms with Crippen LogP contribution >= 0.6 is 0 Å². The molecule has 2 fully saturated rings. The fraction of sp³-hybridized carbons (Fsp3) is 0.600. The zero-order valence-corrected chi connectivity index (χ0v) is 10.3. The summed E-state index contributed by atoms with van der Waals surface area (Å²) >= 11 is 0. The maximum Gasteiger partial charge on any atom is 0.132 e. The first kappa shape index (κ1) is 10.3. The van der Waals surface area contributed by atoms with Crippen molar-refractivity contribution < 1.29 is 0 Å². The SMILES string of the molecule is C[N+]1(c2ccccc2)CCC2(CCCC2)C1. The van der Waals surface area contributed by atoms with Crippen molar-refractivity contribution in [2.24, 2.45) is 5.41 Å². The van der Waals surface area contributed by atoms with Crippen LogP contribution in [0.1, 0.15) is 32.1 Å². The Labute approximate surface area is 98.7 Å². The van der Waals surface area contributed by atoms with Crippen LogP contribution in [0.5, 0.6) is 0 Å². The van der Waals surface area contributed by atoms with E-state index < -0.39 is 0 Å². The molecule has 1 aliphatic carbocycles. The smallest absolute Gasteiger partial charge is 0.132 e. The summed E-state index contributed by atoms with van der Waals surface area (Å²) in [5.74, 6) is 0. The highest BCUT2D eigenvalue weighted by Crippen LogP contribution is 2.48. The lowest BCUT2D eigenvalue weighted by Crippen LogP contribution is -2.44. The summed E-state index contributed by atoms with van der Waals surface area (Å²) in [5, 5.41) is 0. The lowest BCUT2D eigenvalue weighted by atomic mass is 9.85. The number of hydrogen-bond donors (Lipinski definition) is 0. The normalized spacial score (nSPS) is 32.3. The number of rotatable bonds is 1. The van der Waals surface area contributed by atoms with Gasteiger partial charge in [0.2, 0.25) is 0 Å². The summed E-state index contributed by atoms with van der Waals surface area (Å²) in [4.78, 5) is 0. The molecule has 0 radical (unpaired) electrons. The molecule has 1 heteroatoms. The summed E-state index contributed by atoms with van der Waals surface area (Å²) in [7, 11) is 2.42. The minimum atomic E-state index is 0.699. The van der Waals surface area contributed by atoms with Crippen molar-refractivity contribution in [1.29, 1.82) is 0 Å². The Morgan fingerprint density at radius 3 is 2.38 bits per heavy atom. The maximum atomic E-state index is 2.42. The number of likely N-dealkylation sites (tertiary alicyclic amines) is 1. The van der Waals surface area contributed by atoms with Gasteiger partial charge in [-0.2, -0.15) is 0 Å². The molecule has 1 atom stereocenters. The summed E-state index contributed by atoms with van der Waals surface area (Å²) in [6.45, 7) is 2.71. The molecule has 0 bridgehead atoms. The van der Waals surface area contributed by atoms with E-state index in [9.17, 15) is 0 Å². The highest BCUT2D eigenvalue weighted by Gasteiger charge is 2.48. The minimum absolute atomic E-state index is 0.699. The van der Waals surface area contributed by atoms with Crippen LogP contribution in [0.25, 0.3) is 0 Å². The first-order valence-corrected chi connectivity index (χ1v) is 6.63. The van der Waals surface area contributed by atoms with Crippen LogP contribution in [-0.4, -0.2) is 20.1 Å². The third-order valence-corrected chi connectivity index (χ3v) is 4.86. The molecule has 0 aromatic heterocycles. The van der Waals surface area contributed by atoms with Gasteiger partial charge in [-0.1, -0.05) is 31.0 Å². The highest BCUT2D eigenvalue weighted by atomic mass is 15.4. The minimum Gasteiger partial charge on any atom is -0.293 e. The van der Waals surface area contributed by atoms with Crippen molar-refractivity contribution >= 4 is 5.69 Å². The standard InChI is InChI=1S/C15H22N/c1-16(14-7-3-2-4-8-14)12-11-15(13-16)9-5-6-10-15/h2-4,7-8H,5-6,9-13H2,1H3/q+1. The van der Waals surface area contributed by atoms with Gasteiger partial charge in [0, 0.05) is 11.8 Å². The van der Waals surface area contributed by atoms with Crippen molar-refractivity contribution in [3.8, 4) is 0 Å². The van der Waals surface area contributed by atoms with Gasteiger partial charge in [-0.3, -0.25) is 4.48 Å². The lowest BCUT2D eigenvalue weighted by molar-refractivity contribution is 0.288. The third-order valence-electron chi connectivity index (χ3n) is 4.86. The van der Waals surface area contributed by atoms with Crippen LogP contribution in [0.4, 0.5) is 5.69 Å². The van der Waals surface area contributed by atoms with Crippen molar-refractivity contribution in [3.63, 3.8) is 0 Å². The average molecular weight is 216 g/mol. The zero-order valence-electron chi connectivity index (χ0n) is 10.3. The second-order valence-corrected chi connectivity index (χ2v) is 6.07. The van der Waals surface area contributed by atoms with Crippen molar-refractivity contribution in [3.05, 3.63) is 30.3 Å². The molecule has 1 spiro atoms. The number of para-hydroxylation sites is 1. The van der Waals surface area contributed by atoms with E-state index >= 15 is 0 Å². The molecule has 1 aromatic rings. The quantitative estimate of drug-likeness (QED) is 0.629. The molecule has 1 saturated carbocycles. The van der Waals surface area contributed by atoms with Crippen molar-refractivity contribution in [2.45, 2.75) is 32.1 Å². The monoisotopic (exact) mass is 216 g/mol. The summed E-state index contributed by atoms with van der Waals surface area (Å²) in [6.07, 6.45) is 7.34. The molecular formula is C15H22N+. The molecule has 1 aromatic carbocycles. The van der Waals surface area contributed by atoms with E-state index in [0.29, 0.717) is 5.41 Å². The third kappa shape index (κ3) is 1.58. The number of quaternary nitrogens is 1. The van der Waals surface area contributed by atoms with Crippen molar-refractivity contribution in [2.75, 3.05) is 20.1 Å².